The Morgan fingerprint density at radius 1 is 1.05 bits per heavy atom. The lowest BCUT2D eigenvalue weighted by Gasteiger charge is -2.28. The van der Waals surface area contributed by atoms with E-state index in [2.05, 4.69) is 48.5 Å². The van der Waals surface area contributed by atoms with E-state index < -0.39 is 6.10 Å². The Balaban J connectivity index is 2.46. The Morgan fingerprint density at radius 3 is 2.14 bits per heavy atom. The van der Waals surface area contributed by atoms with Crippen molar-refractivity contribution in [2.45, 2.75) is 33.8 Å². The minimum absolute atomic E-state index is 0.315. The maximum atomic E-state index is 10.2. The summed E-state index contributed by atoms with van der Waals surface area (Å²) in [6.07, 6.45) is -0.477. The van der Waals surface area contributed by atoms with E-state index in [-0.39, 0.29) is 0 Å². The Bertz CT molecular complexity index is 400. The molecule has 0 aliphatic rings. The maximum absolute atomic E-state index is 10.2. The molecule has 0 spiro atoms. The second kappa shape index (κ2) is 9.44. The lowest BCUT2D eigenvalue weighted by molar-refractivity contribution is 0.0599. The van der Waals surface area contributed by atoms with Crippen LogP contribution in [0.1, 0.15) is 27.7 Å². The zero-order chi connectivity index (χ0) is 15.8. The van der Waals surface area contributed by atoms with Crippen LogP contribution in [0.3, 0.4) is 0 Å². The molecule has 0 aromatic heterocycles. The number of ether oxygens (including phenoxy) is 1. The largest absolute Gasteiger partial charge is 0.490 e. The van der Waals surface area contributed by atoms with Crippen LogP contribution >= 0.6 is 15.9 Å². The van der Waals surface area contributed by atoms with Gasteiger partial charge < -0.3 is 14.7 Å². The summed E-state index contributed by atoms with van der Waals surface area (Å²) < 4.78 is 6.60. The quantitative estimate of drug-likeness (QED) is 0.729. The van der Waals surface area contributed by atoms with Gasteiger partial charge in [0.05, 0.1) is 4.47 Å². The van der Waals surface area contributed by atoms with Crippen molar-refractivity contribution < 1.29 is 9.84 Å². The number of nitrogens with zero attached hydrogens (tertiary/aromatic N) is 1. The minimum atomic E-state index is -0.477. The third kappa shape index (κ3) is 7.84. The molecule has 0 unspecified atom stereocenters. The molecule has 3 nitrogen and oxygen atoms in total. The fraction of sp³-hybridized carbons (Fsp3) is 0.647. The van der Waals surface area contributed by atoms with Crippen LogP contribution in [0, 0.1) is 11.8 Å². The van der Waals surface area contributed by atoms with Crippen molar-refractivity contribution in [1.29, 1.82) is 0 Å². The molecule has 1 aromatic rings. The van der Waals surface area contributed by atoms with Gasteiger partial charge in [-0.3, -0.25) is 0 Å². The summed E-state index contributed by atoms with van der Waals surface area (Å²) in [6.45, 7) is 11.8. The molecule has 120 valence electrons. The van der Waals surface area contributed by atoms with E-state index in [0.29, 0.717) is 25.0 Å². The summed E-state index contributed by atoms with van der Waals surface area (Å²) in [4.78, 5) is 2.32. The number of aliphatic hydroxyl groups is 1. The first kappa shape index (κ1) is 18.5. The van der Waals surface area contributed by atoms with Gasteiger partial charge in [0.15, 0.2) is 0 Å². The molecule has 0 bridgehead atoms. The zero-order valence-electron chi connectivity index (χ0n) is 13.6. The number of para-hydroxylation sites is 1. The first-order chi connectivity index (χ1) is 9.88. The molecule has 0 radical (unpaired) electrons. The smallest absolute Gasteiger partial charge is 0.133 e. The highest BCUT2D eigenvalue weighted by Crippen LogP contribution is 2.23. The van der Waals surface area contributed by atoms with Gasteiger partial charge in [-0.1, -0.05) is 39.8 Å². The topological polar surface area (TPSA) is 32.7 Å². The molecule has 0 saturated carbocycles. The highest BCUT2D eigenvalue weighted by atomic mass is 79.9. The van der Waals surface area contributed by atoms with Crippen LogP contribution in [-0.2, 0) is 0 Å². The van der Waals surface area contributed by atoms with E-state index >= 15 is 0 Å². The molecule has 4 heteroatoms. The van der Waals surface area contributed by atoms with Crippen LogP contribution in [0.5, 0.6) is 5.75 Å². The first-order valence-corrected chi connectivity index (χ1v) is 8.45. The molecule has 1 N–H and O–H groups in total. The van der Waals surface area contributed by atoms with Crippen molar-refractivity contribution >= 4 is 15.9 Å². The number of halogens is 1. The summed E-state index contributed by atoms with van der Waals surface area (Å²) in [6, 6.07) is 7.71. The predicted octanol–water partition coefficient (Wildman–Crippen LogP) is 3.80. The maximum Gasteiger partial charge on any atom is 0.133 e. The van der Waals surface area contributed by atoms with Gasteiger partial charge in [0, 0.05) is 19.6 Å². The van der Waals surface area contributed by atoms with Crippen molar-refractivity contribution in [1.82, 2.24) is 4.90 Å². The summed E-state index contributed by atoms with van der Waals surface area (Å²) in [5, 5.41) is 10.2. The van der Waals surface area contributed by atoms with Crippen LogP contribution in [0.2, 0.25) is 0 Å². The van der Waals surface area contributed by atoms with Crippen LogP contribution in [-0.4, -0.2) is 42.4 Å². The standard InChI is InChI=1S/C17H28BrNO2/c1-13(2)9-19(10-14(3)4)11-15(20)12-21-17-8-6-5-7-16(17)18/h5-8,13-15,20H,9-12H2,1-4H3/t15-/m0/s1. The van der Waals surface area contributed by atoms with Gasteiger partial charge in [-0.25, -0.2) is 0 Å². The highest BCUT2D eigenvalue weighted by molar-refractivity contribution is 9.10. The van der Waals surface area contributed by atoms with Crippen LogP contribution < -0.4 is 4.74 Å². The number of rotatable bonds is 9. The second-order valence-electron chi connectivity index (χ2n) is 6.40. The molecule has 0 amide bonds. The number of hydrogen-bond acceptors (Lipinski definition) is 3. The normalized spacial score (nSPS) is 13.2. The van der Waals surface area contributed by atoms with Crippen LogP contribution in [0.4, 0.5) is 0 Å². The zero-order valence-corrected chi connectivity index (χ0v) is 15.1. The predicted molar refractivity (Wildman–Crippen MR) is 91.8 cm³/mol. The van der Waals surface area contributed by atoms with Gasteiger partial charge in [0.25, 0.3) is 0 Å². The van der Waals surface area contributed by atoms with E-state index in [9.17, 15) is 5.11 Å². The molecule has 0 saturated heterocycles. The molecule has 0 fully saturated rings. The Kier molecular flexibility index (Phi) is 8.30. The summed E-state index contributed by atoms with van der Waals surface area (Å²) in [5.41, 5.74) is 0. The van der Waals surface area contributed by atoms with E-state index in [4.69, 9.17) is 4.74 Å². The molecule has 0 heterocycles. The lowest BCUT2D eigenvalue weighted by atomic mass is 10.1. The molecule has 0 aliphatic carbocycles. The SMILES string of the molecule is CC(C)CN(CC(C)C)C[C@H](O)COc1ccccc1Br. The molecule has 0 aliphatic heterocycles. The molecule has 1 atom stereocenters. The Labute approximate surface area is 137 Å². The second-order valence-corrected chi connectivity index (χ2v) is 7.26. The fourth-order valence-electron chi connectivity index (χ4n) is 2.35. The molecule has 1 rings (SSSR count). The van der Waals surface area contributed by atoms with E-state index in [1.807, 2.05) is 24.3 Å². The average Bonchev–Trinajstić information content (AvgIpc) is 2.36. The van der Waals surface area contributed by atoms with Crippen LogP contribution in [0.25, 0.3) is 0 Å². The van der Waals surface area contributed by atoms with Crippen molar-refractivity contribution in [3.05, 3.63) is 28.7 Å². The van der Waals surface area contributed by atoms with E-state index in [1.165, 1.54) is 0 Å². The third-order valence-corrected chi connectivity index (χ3v) is 3.64. The Hall–Kier alpha value is -0.580. The fourth-order valence-corrected chi connectivity index (χ4v) is 2.75. The summed E-state index contributed by atoms with van der Waals surface area (Å²) in [5.74, 6) is 1.97. The third-order valence-electron chi connectivity index (χ3n) is 2.98. The van der Waals surface area contributed by atoms with E-state index in [0.717, 1.165) is 23.3 Å². The number of hydrogen-bond donors (Lipinski definition) is 1. The van der Waals surface area contributed by atoms with Gasteiger partial charge in [-0.05, 0) is 39.9 Å². The first-order valence-electron chi connectivity index (χ1n) is 7.66. The summed E-state index contributed by atoms with van der Waals surface area (Å²) >= 11 is 3.45. The van der Waals surface area contributed by atoms with Gasteiger partial charge in [-0.15, -0.1) is 0 Å². The van der Waals surface area contributed by atoms with Crippen molar-refractivity contribution in [3.63, 3.8) is 0 Å². The number of aliphatic hydroxyl groups excluding tert-OH is 1. The minimum Gasteiger partial charge on any atom is -0.490 e. The monoisotopic (exact) mass is 357 g/mol. The van der Waals surface area contributed by atoms with Crippen molar-refractivity contribution in [3.8, 4) is 5.75 Å². The lowest BCUT2D eigenvalue weighted by Crippen LogP contribution is -2.39. The van der Waals surface area contributed by atoms with Crippen molar-refractivity contribution in [2.75, 3.05) is 26.2 Å². The van der Waals surface area contributed by atoms with Crippen molar-refractivity contribution in [2.24, 2.45) is 11.8 Å². The highest BCUT2D eigenvalue weighted by Gasteiger charge is 2.15. The van der Waals surface area contributed by atoms with E-state index in [1.54, 1.807) is 0 Å². The van der Waals surface area contributed by atoms with Gasteiger partial charge in [0.2, 0.25) is 0 Å². The average molecular weight is 358 g/mol. The molecular weight excluding hydrogens is 330 g/mol. The molecule has 21 heavy (non-hydrogen) atoms. The Morgan fingerprint density at radius 2 is 1.62 bits per heavy atom. The molecule has 1 aromatic carbocycles. The number of benzene rings is 1. The van der Waals surface area contributed by atoms with Crippen LogP contribution in [0.15, 0.2) is 28.7 Å². The van der Waals surface area contributed by atoms with Gasteiger partial charge >= 0.3 is 0 Å². The van der Waals surface area contributed by atoms with Gasteiger partial charge in [-0.2, -0.15) is 0 Å². The molecular formula is C17H28BrNO2. The van der Waals surface area contributed by atoms with Gasteiger partial charge in [0.1, 0.15) is 18.5 Å². The summed E-state index contributed by atoms with van der Waals surface area (Å²) in [7, 11) is 0.